The molecule has 3 aromatic rings. The standard InChI is InChI=1S/C20H23FN4O3S/c1-4-28-20(27)16-10-22-25-8-7-18(24-19(16)25)23-13(3)15-9-14(21)5-6-17(15)29-12(2)11-26/h5-10,12-13,26H,4,11H2,1-3H3,(H,23,24)/t12-,13+/m0/s1. The zero-order valence-electron chi connectivity index (χ0n) is 16.4. The van der Waals surface area contributed by atoms with E-state index in [-0.39, 0.29) is 35.9 Å². The minimum atomic E-state index is -0.484. The molecule has 2 heterocycles. The number of hydrogen-bond acceptors (Lipinski definition) is 7. The zero-order valence-corrected chi connectivity index (χ0v) is 17.2. The number of fused-ring (bicyclic) bond motifs is 1. The predicted octanol–water partition coefficient (Wildman–Crippen LogP) is 3.69. The number of nitrogens with zero attached hydrogens (tertiary/aromatic N) is 3. The third-order valence-electron chi connectivity index (χ3n) is 4.25. The number of carbonyl (C=O) groups is 1. The van der Waals surface area contributed by atoms with Gasteiger partial charge in [-0.15, -0.1) is 11.8 Å². The van der Waals surface area contributed by atoms with Crippen molar-refractivity contribution in [2.75, 3.05) is 18.5 Å². The lowest BCUT2D eigenvalue weighted by Gasteiger charge is -2.20. The van der Waals surface area contributed by atoms with Crippen molar-refractivity contribution in [1.82, 2.24) is 14.6 Å². The van der Waals surface area contributed by atoms with Gasteiger partial charge in [-0.2, -0.15) is 5.10 Å². The van der Waals surface area contributed by atoms with Crippen LogP contribution in [-0.2, 0) is 4.74 Å². The minimum absolute atomic E-state index is 0.0141. The summed E-state index contributed by atoms with van der Waals surface area (Å²) < 4.78 is 20.4. The highest BCUT2D eigenvalue weighted by molar-refractivity contribution is 8.00. The van der Waals surface area contributed by atoms with E-state index in [1.807, 2.05) is 13.8 Å². The topological polar surface area (TPSA) is 88.8 Å². The van der Waals surface area contributed by atoms with Crippen LogP contribution in [-0.4, -0.2) is 44.1 Å². The second-order valence-electron chi connectivity index (χ2n) is 6.52. The van der Waals surface area contributed by atoms with Crippen LogP contribution in [0.2, 0.25) is 0 Å². The first-order valence-electron chi connectivity index (χ1n) is 9.28. The Bertz CT molecular complexity index is 1010. The number of carbonyl (C=O) groups excluding carboxylic acids is 1. The number of hydrogen-bond donors (Lipinski definition) is 2. The molecule has 0 bridgehead atoms. The van der Waals surface area contributed by atoms with E-state index in [0.717, 1.165) is 10.5 Å². The summed E-state index contributed by atoms with van der Waals surface area (Å²) in [6.07, 6.45) is 3.11. The lowest BCUT2D eigenvalue weighted by atomic mass is 10.1. The highest BCUT2D eigenvalue weighted by Gasteiger charge is 2.18. The van der Waals surface area contributed by atoms with Crippen LogP contribution >= 0.6 is 11.8 Å². The average Bonchev–Trinajstić information content (AvgIpc) is 3.12. The second kappa shape index (κ2) is 9.23. The minimum Gasteiger partial charge on any atom is -0.462 e. The van der Waals surface area contributed by atoms with E-state index in [0.29, 0.717) is 11.5 Å². The van der Waals surface area contributed by atoms with Crippen LogP contribution in [0.1, 0.15) is 42.7 Å². The summed E-state index contributed by atoms with van der Waals surface area (Å²) in [5.74, 6) is -0.299. The maximum absolute atomic E-state index is 13.9. The van der Waals surface area contributed by atoms with Gasteiger partial charge in [0, 0.05) is 16.3 Å². The molecule has 2 N–H and O–H groups in total. The fourth-order valence-corrected chi connectivity index (χ4v) is 3.85. The van der Waals surface area contributed by atoms with Gasteiger partial charge in [0.1, 0.15) is 17.2 Å². The van der Waals surface area contributed by atoms with Gasteiger partial charge in [0.2, 0.25) is 0 Å². The first-order chi connectivity index (χ1) is 13.9. The molecule has 2 atom stereocenters. The summed E-state index contributed by atoms with van der Waals surface area (Å²) in [5, 5.41) is 16.7. The Balaban J connectivity index is 1.88. The number of aliphatic hydroxyl groups excluding tert-OH is 1. The quantitative estimate of drug-likeness (QED) is 0.426. The molecule has 2 aromatic heterocycles. The molecular weight excluding hydrogens is 395 g/mol. The molecule has 0 saturated carbocycles. The average molecular weight is 418 g/mol. The Morgan fingerprint density at radius 2 is 2.17 bits per heavy atom. The number of halogens is 1. The fraction of sp³-hybridized carbons (Fsp3) is 0.350. The van der Waals surface area contributed by atoms with Crippen LogP contribution in [0.15, 0.2) is 41.6 Å². The summed E-state index contributed by atoms with van der Waals surface area (Å²) in [6.45, 7) is 5.83. The van der Waals surface area contributed by atoms with Crippen molar-refractivity contribution in [2.24, 2.45) is 0 Å². The Hall–Kier alpha value is -2.65. The van der Waals surface area contributed by atoms with E-state index in [4.69, 9.17) is 4.74 Å². The molecule has 0 aliphatic heterocycles. The normalized spacial score (nSPS) is 13.3. The number of rotatable bonds is 8. The maximum atomic E-state index is 13.9. The zero-order chi connectivity index (χ0) is 21.0. The van der Waals surface area contributed by atoms with Gasteiger partial charge in [0.05, 0.1) is 25.5 Å². The molecule has 0 amide bonds. The van der Waals surface area contributed by atoms with Crippen molar-refractivity contribution in [3.8, 4) is 0 Å². The summed E-state index contributed by atoms with van der Waals surface area (Å²) >= 11 is 1.48. The SMILES string of the molecule is CCOC(=O)c1cnn2ccc(N[C@H](C)c3cc(F)ccc3S[C@@H](C)CO)nc12. The van der Waals surface area contributed by atoms with E-state index in [1.54, 1.807) is 25.3 Å². The maximum Gasteiger partial charge on any atom is 0.343 e. The molecule has 0 aliphatic rings. The lowest BCUT2D eigenvalue weighted by molar-refractivity contribution is 0.0528. The number of benzene rings is 1. The summed E-state index contributed by atoms with van der Waals surface area (Å²) in [7, 11) is 0. The smallest absolute Gasteiger partial charge is 0.343 e. The van der Waals surface area contributed by atoms with Crippen molar-refractivity contribution >= 4 is 29.2 Å². The first-order valence-corrected chi connectivity index (χ1v) is 10.2. The van der Waals surface area contributed by atoms with E-state index in [9.17, 15) is 14.3 Å². The number of aliphatic hydroxyl groups is 1. The molecule has 0 aliphatic carbocycles. The number of esters is 1. The van der Waals surface area contributed by atoms with Gasteiger partial charge >= 0.3 is 5.97 Å². The first kappa shape index (κ1) is 21.1. The van der Waals surface area contributed by atoms with Crippen LogP contribution in [0.4, 0.5) is 10.2 Å². The fourth-order valence-electron chi connectivity index (χ4n) is 2.82. The third kappa shape index (κ3) is 4.86. The van der Waals surface area contributed by atoms with Crippen LogP contribution in [0, 0.1) is 5.82 Å². The van der Waals surface area contributed by atoms with Crippen LogP contribution in [0.3, 0.4) is 0 Å². The number of nitrogens with one attached hydrogen (secondary N) is 1. The van der Waals surface area contributed by atoms with Gasteiger partial charge in [-0.05, 0) is 43.7 Å². The predicted molar refractivity (Wildman–Crippen MR) is 110 cm³/mol. The number of aromatic nitrogens is 3. The van der Waals surface area contributed by atoms with Crippen molar-refractivity contribution < 1.29 is 19.0 Å². The second-order valence-corrected chi connectivity index (χ2v) is 8.00. The van der Waals surface area contributed by atoms with Gasteiger partial charge in [-0.3, -0.25) is 0 Å². The summed E-state index contributed by atoms with van der Waals surface area (Å²) in [4.78, 5) is 17.4. The molecule has 1 aromatic carbocycles. The molecule has 9 heteroatoms. The van der Waals surface area contributed by atoms with Gasteiger partial charge in [-0.25, -0.2) is 18.7 Å². The van der Waals surface area contributed by atoms with Crippen molar-refractivity contribution in [3.05, 3.63) is 53.6 Å². The van der Waals surface area contributed by atoms with E-state index >= 15 is 0 Å². The Kier molecular flexibility index (Phi) is 6.71. The van der Waals surface area contributed by atoms with Crippen molar-refractivity contribution in [2.45, 2.75) is 37.0 Å². The molecule has 3 rings (SSSR count). The molecule has 7 nitrogen and oxygen atoms in total. The highest BCUT2D eigenvalue weighted by Crippen LogP contribution is 2.32. The van der Waals surface area contributed by atoms with Crippen LogP contribution < -0.4 is 5.32 Å². The Morgan fingerprint density at radius 3 is 2.90 bits per heavy atom. The van der Waals surface area contributed by atoms with E-state index in [1.165, 1.54) is 34.6 Å². The monoisotopic (exact) mass is 418 g/mol. The number of anilines is 1. The number of ether oxygens (including phenoxy) is 1. The van der Waals surface area contributed by atoms with E-state index < -0.39 is 5.97 Å². The molecule has 154 valence electrons. The molecule has 0 spiro atoms. The lowest BCUT2D eigenvalue weighted by Crippen LogP contribution is -2.12. The molecule has 0 radical (unpaired) electrons. The van der Waals surface area contributed by atoms with Crippen LogP contribution in [0.25, 0.3) is 5.65 Å². The summed E-state index contributed by atoms with van der Waals surface area (Å²) in [5.41, 5.74) is 1.42. The molecule has 0 fully saturated rings. The van der Waals surface area contributed by atoms with Gasteiger partial charge in [0.25, 0.3) is 0 Å². The highest BCUT2D eigenvalue weighted by atomic mass is 32.2. The van der Waals surface area contributed by atoms with Crippen molar-refractivity contribution in [1.29, 1.82) is 0 Å². The summed E-state index contributed by atoms with van der Waals surface area (Å²) in [6, 6.07) is 6.07. The molecule has 0 saturated heterocycles. The Labute approximate surface area is 172 Å². The molecule has 29 heavy (non-hydrogen) atoms. The Morgan fingerprint density at radius 1 is 1.38 bits per heavy atom. The number of thioether (sulfide) groups is 1. The molecule has 0 unspecified atom stereocenters. The van der Waals surface area contributed by atoms with E-state index in [2.05, 4.69) is 15.4 Å². The van der Waals surface area contributed by atoms with Gasteiger partial charge in [-0.1, -0.05) is 6.92 Å². The molecular formula is C20H23FN4O3S. The van der Waals surface area contributed by atoms with Gasteiger partial charge in [0.15, 0.2) is 5.65 Å². The van der Waals surface area contributed by atoms with Crippen LogP contribution in [0.5, 0.6) is 0 Å². The third-order valence-corrected chi connectivity index (χ3v) is 5.43. The largest absolute Gasteiger partial charge is 0.462 e. The van der Waals surface area contributed by atoms with Gasteiger partial charge < -0.3 is 15.2 Å². The van der Waals surface area contributed by atoms with Crippen molar-refractivity contribution in [3.63, 3.8) is 0 Å².